The van der Waals surface area contributed by atoms with E-state index in [0.29, 0.717) is 12.2 Å². The van der Waals surface area contributed by atoms with E-state index in [4.69, 9.17) is 5.84 Å². The van der Waals surface area contributed by atoms with Crippen LogP contribution in [0.2, 0.25) is 0 Å². The Morgan fingerprint density at radius 2 is 2.00 bits per heavy atom. The molecule has 3 rings (SSSR count). The smallest absolute Gasteiger partial charge is 0.283 e. The van der Waals surface area contributed by atoms with Crippen molar-refractivity contribution in [1.29, 1.82) is 0 Å². The fourth-order valence-corrected chi connectivity index (χ4v) is 2.33. The van der Waals surface area contributed by atoms with Crippen LogP contribution in [0.1, 0.15) is 22.0 Å². The number of aryl methyl sites for hydroxylation is 1. The molecule has 6 heteroatoms. The number of carbonyl (C=O) groups is 1. The van der Waals surface area contributed by atoms with Gasteiger partial charge in [-0.15, -0.1) is 0 Å². The molecule has 6 nitrogen and oxygen atoms in total. The van der Waals surface area contributed by atoms with Gasteiger partial charge in [-0.3, -0.25) is 10.2 Å². The molecule has 3 N–H and O–H groups in total. The van der Waals surface area contributed by atoms with E-state index in [9.17, 15) is 4.79 Å². The lowest BCUT2D eigenvalue weighted by Crippen LogP contribution is -2.30. The Morgan fingerprint density at radius 1 is 1.19 bits per heavy atom. The molecule has 0 aliphatic carbocycles. The second-order valence-corrected chi connectivity index (χ2v) is 4.72. The highest BCUT2D eigenvalue weighted by atomic mass is 16.2. The number of nitrogens with one attached hydrogen (secondary N) is 1. The Balaban J connectivity index is 1.99. The van der Waals surface area contributed by atoms with Gasteiger partial charge >= 0.3 is 0 Å². The molecule has 0 aliphatic heterocycles. The van der Waals surface area contributed by atoms with E-state index in [2.05, 4.69) is 20.0 Å². The maximum absolute atomic E-state index is 11.5. The third kappa shape index (κ3) is 2.48. The summed E-state index contributed by atoms with van der Waals surface area (Å²) >= 11 is 0. The number of para-hydroxylation sites is 2. The van der Waals surface area contributed by atoms with Gasteiger partial charge in [0.05, 0.1) is 23.3 Å². The Bertz CT molecular complexity index is 809. The summed E-state index contributed by atoms with van der Waals surface area (Å²) in [7, 11) is 0. The van der Waals surface area contributed by atoms with E-state index in [1.165, 1.54) is 0 Å². The molecule has 1 aromatic carbocycles. The maximum Gasteiger partial charge on any atom is 0.283 e. The summed E-state index contributed by atoms with van der Waals surface area (Å²) in [6.45, 7) is 2.51. The molecule has 21 heavy (non-hydrogen) atoms. The number of nitrogens with zero attached hydrogens (tertiary/aromatic N) is 3. The summed E-state index contributed by atoms with van der Waals surface area (Å²) in [4.78, 5) is 20.4. The van der Waals surface area contributed by atoms with E-state index < -0.39 is 5.91 Å². The molecule has 0 saturated heterocycles. The SMILES string of the molecule is Cc1nc2ccccc2n1Cc1cccc(C(=O)NN)n1. The number of pyridine rings is 1. The van der Waals surface area contributed by atoms with Crippen molar-refractivity contribution in [1.82, 2.24) is 20.0 Å². The van der Waals surface area contributed by atoms with E-state index in [1.807, 2.05) is 37.3 Å². The van der Waals surface area contributed by atoms with Gasteiger partial charge in [0, 0.05) is 0 Å². The molecular formula is C15H15N5O. The molecule has 0 bridgehead atoms. The summed E-state index contributed by atoms with van der Waals surface area (Å²) in [6, 6.07) is 13.2. The van der Waals surface area contributed by atoms with Crippen molar-refractivity contribution in [2.24, 2.45) is 5.84 Å². The normalized spacial score (nSPS) is 10.8. The largest absolute Gasteiger partial charge is 0.322 e. The summed E-state index contributed by atoms with van der Waals surface area (Å²) in [5.74, 6) is 5.64. The highest BCUT2D eigenvalue weighted by Crippen LogP contribution is 2.16. The number of imidazole rings is 1. The van der Waals surface area contributed by atoms with Crippen molar-refractivity contribution in [3.63, 3.8) is 0 Å². The predicted molar refractivity (Wildman–Crippen MR) is 79.5 cm³/mol. The van der Waals surface area contributed by atoms with E-state index in [-0.39, 0.29) is 0 Å². The van der Waals surface area contributed by atoms with E-state index in [1.54, 1.807) is 12.1 Å². The van der Waals surface area contributed by atoms with Gasteiger partial charge in [0.2, 0.25) is 0 Å². The number of benzene rings is 1. The second kappa shape index (κ2) is 5.34. The molecular weight excluding hydrogens is 266 g/mol. The van der Waals surface area contributed by atoms with Gasteiger partial charge in [0.15, 0.2) is 0 Å². The number of amides is 1. The zero-order valence-electron chi connectivity index (χ0n) is 11.6. The van der Waals surface area contributed by atoms with E-state index >= 15 is 0 Å². The number of hydrogen-bond acceptors (Lipinski definition) is 4. The minimum absolute atomic E-state index is 0.303. The van der Waals surface area contributed by atoms with Gasteiger partial charge in [0.25, 0.3) is 5.91 Å². The van der Waals surface area contributed by atoms with Crippen LogP contribution in [0.25, 0.3) is 11.0 Å². The number of hydrazine groups is 1. The molecule has 2 heterocycles. The lowest BCUT2D eigenvalue weighted by Gasteiger charge is -2.07. The van der Waals surface area contributed by atoms with Gasteiger partial charge in [-0.05, 0) is 31.2 Å². The van der Waals surface area contributed by atoms with Gasteiger partial charge < -0.3 is 4.57 Å². The van der Waals surface area contributed by atoms with Crippen molar-refractivity contribution < 1.29 is 4.79 Å². The Labute approximate surface area is 121 Å². The van der Waals surface area contributed by atoms with Crippen molar-refractivity contribution >= 4 is 16.9 Å². The first-order valence-electron chi connectivity index (χ1n) is 6.58. The zero-order chi connectivity index (χ0) is 14.8. The molecule has 0 radical (unpaired) electrons. The topological polar surface area (TPSA) is 85.8 Å². The predicted octanol–water partition coefficient (Wildman–Crippen LogP) is 1.39. The lowest BCUT2D eigenvalue weighted by atomic mass is 10.2. The van der Waals surface area contributed by atoms with Crippen LogP contribution in [0.15, 0.2) is 42.5 Å². The number of nitrogens with two attached hydrogens (primary N) is 1. The number of aromatic nitrogens is 3. The molecule has 2 aromatic heterocycles. The number of fused-ring (bicyclic) bond motifs is 1. The first kappa shape index (κ1) is 13.3. The van der Waals surface area contributed by atoms with Crippen molar-refractivity contribution in [3.8, 4) is 0 Å². The van der Waals surface area contributed by atoms with Crippen LogP contribution in [-0.2, 0) is 6.54 Å². The first-order valence-corrected chi connectivity index (χ1v) is 6.58. The Kier molecular flexibility index (Phi) is 3.37. The lowest BCUT2D eigenvalue weighted by molar-refractivity contribution is 0.0948. The molecule has 1 amide bonds. The monoisotopic (exact) mass is 281 g/mol. The number of hydrogen-bond donors (Lipinski definition) is 2. The summed E-state index contributed by atoms with van der Waals surface area (Å²) < 4.78 is 2.07. The van der Waals surface area contributed by atoms with Crippen LogP contribution in [0.4, 0.5) is 0 Å². The molecule has 0 atom stereocenters. The molecule has 0 spiro atoms. The summed E-state index contributed by atoms with van der Waals surface area (Å²) in [5, 5.41) is 0. The van der Waals surface area contributed by atoms with Crippen LogP contribution < -0.4 is 11.3 Å². The molecule has 106 valence electrons. The average molecular weight is 281 g/mol. The fourth-order valence-electron chi connectivity index (χ4n) is 2.33. The van der Waals surface area contributed by atoms with Gasteiger partial charge in [-0.1, -0.05) is 18.2 Å². The van der Waals surface area contributed by atoms with Crippen LogP contribution in [-0.4, -0.2) is 20.4 Å². The van der Waals surface area contributed by atoms with Crippen molar-refractivity contribution in [2.45, 2.75) is 13.5 Å². The van der Waals surface area contributed by atoms with Gasteiger partial charge in [-0.25, -0.2) is 15.8 Å². The standard InChI is InChI=1S/C15H15N5O/c1-10-17-12-6-2-3-8-14(12)20(10)9-11-5-4-7-13(18-11)15(21)19-16/h2-8H,9,16H2,1H3,(H,19,21). The first-order chi connectivity index (χ1) is 10.2. The number of carbonyl (C=O) groups excluding carboxylic acids is 1. The average Bonchev–Trinajstić information content (AvgIpc) is 2.83. The van der Waals surface area contributed by atoms with Crippen molar-refractivity contribution in [2.75, 3.05) is 0 Å². The zero-order valence-corrected chi connectivity index (χ0v) is 11.6. The number of rotatable bonds is 3. The molecule has 0 unspecified atom stereocenters. The Hall–Kier alpha value is -2.73. The number of nitrogen functional groups attached to an aromatic ring is 1. The van der Waals surface area contributed by atoms with Crippen LogP contribution in [0.3, 0.4) is 0 Å². The summed E-state index contributed by atoms with van der Waals surface area (Å²) in [6.07, 6.45) is 0. The molecule has 0 fully saturated rings. The van der Waals surface area contributed by atoms with Crippen LogP contribution in [0.5, 0.6) is 0 Å². The van der Waals surface area contributed by atoms with Gasteiger partial charge in [0.1, 0.15) is 11.5 Å². The molecule has 0 saturated carbocycles. The maximum atomic E-state index is 11.5. The molecule has 0 aliphatic rings. The van der Waals surface area contributed by atoms with E-state index in [0.717, 1.165) is 22.6 Å². The highest BCUT2D eigenvalue weighted by Gasteiger charge is 2.10. The van der Waals surface area contributed by atoms with Crippen LogP contribution in [0, 0.1) is 6.92 Å². The quantitative estimate of drug-likeness (QED) is 0.431. The Morgan fingerprint density at radius 3 is 2.81 bits per heavy atom. The summed E-state index contributed by atoms with van der Waals surface area (Å²) in [5.41, 5.74) is 5.17. The minimum Gasteiger partial charge on any atom is -0.322 e. The molecule has 3 aromatic rings. The van der Waals surface area contributed by atoms with Gasteiger partial charge in [-0.2, -0.15) is 0 Å². The highest BCUT2D eigenvalue weighted by molar-refractivity contribution is 5.91. The third-order valence-corrected chi connectivity index (χ3v) is 3.34. The third-order valence-electron chi connectivity index (χ3n) is 3.34. The second-order valence-electron chi connectivity index (χ2n) is 4.72. The van der Waals surface area contributed by atoms with Crippen LogP contribution >= 0.6 is 0 Å². The minimum atomic E-state index is -0.399. The van der Waals surface area contributed by atoms with Crippen molar-refractivity contribution in [3.05, 3.63) is 59.7 Å². The fraction of sp³-hybridized carbons (Fsp3) is 0.133.